The number of alkyl halides is 3. The summed E-state index contributed by atoms with van der Waals surface area (Å²) < 4.78 is 61.4. The highest BCUT2D eigenvalue weighted by Crippen LogP contribution is 2.50. The zero-order chi connectivity index (χ0) is 24.6. The minimum Gasteiger partial charge on any atom is -0.356 e. The van der Waals surface area contributed by atoms with Gasteiger partial charge in [0.15, 0.2) is 0 Å². The van der Waals surface area contributed by atoms with E-state index in [2.05, 4.69) is 5.32 Å². The van der Waals surface area contributed by atoms with Crippen molar-refractivity contribution in [1.82, 2.24) is 10.2 Å². The molecule has 2 heterocycles. The number of rotatable bonds is 4. The molecule has 34 heavy (non-hydrogen) atoms. The Morgan fingerprint density at radius 3 is 2.24 bits per heavy atom. The van der Waals surface area contributed by atoms with Gasteiger partial charge in [0.05, 0.1) is 0 Å². The first kappa shape index (κ1) is 24.2. The van der Waals surface area contributed by atoms with Crippen molar-refractivity contribution in [3.63, 3.8) is 0 Å². The molecule has 2 fully saturated rings. The van der Waals surface area contributed by atoms with Gasteiger partial charge in [0.25, 0.3) is 11.5 Å². The minimum atomic E-state index is -4.98. The molecule has 2 aromatic carbocycles. The molecular weight excluding hydrogens is 452 g/mol. The van der Waals surface area contributed by atoms with Gasteiger partial charge in [-0.25, -0.2) is 4.39 Å². The number of carbonyl (C=O) groups excluding carboxylic acids is 2. The van der Waals surface area contributed by atoms with Gasteiger partial charge in [-0.1, -0.05) is 42.5 Å². The topological polar surface area (TPSA) is 58.6 Å². The van der Waals surface area contributed by atoms with Crippen molar-refractivity contribution in [2.75, 3.05) is 26.7 Å². The van der Waals surface area contributed by atoms with Crippen LogP contribution in [0.4, 0.5) is 17.6 Å². The van der Waals surface area contributed by atoms with E-state index in [0.29, 0.717) is 19.4 Å². The van der Waals surface area contributed by atoms with E-state index in [9.17, 15) is 27.2 Å². The fourth-order valence-corrected chi connectivity index (χ4v) is 5.41. The fourth-order valence-electron chi connectivity index (χ4n) is 5.41. The van der Waals surface area contributed by atoms with E-state index in [0.717, 1.165) is 12.7 Å². The lowest BCUT2D eigenvalue weighted by Gasteiger charge is -2.50. The first-order chi connectivity index (χ1) is 16.1. The van der Waals surface area contributed by atoms with Crippen LogP contribution in [0.25, 0.3) is 0 Å². The van der Waals surface area contributed by atoms with Crippen molar-refractivity contribution in [3.05, 3.63) is 71.5 Å². The van der Waals surface area contributed by atoms with Crippen LogP contribution in [0.15, 0.2) is 54.6 Å². The van der Waals surface area contributed by atoms with E-state index in [1.807, 2.05) is 0 Å². The molecule has 9 heteroatoms. The van der Waals surface area contributed by atoms with Crippen molar-refractivity contribution < 1.29 is 31.9 Å². The Kier molecular flexibility index (Phi) is 6.42. The second-order valence-electron chi connectivity index (χ2n) is 8.99. The molecule has 1 spiro atoms. The molecule has 0 aromatic heterocycles. The van der Waals surface area contributed by atoms with Crippen molar-refractivity contribution in [2.24, 2.45) is 5.41 Å². The van der Waals surface area contributed by atoms with Crippen LogP contribution in [0.3, 0.4) is 0 Å². The number of carbonyl (C=O) groups is 2. The molecule has 5 nitrogen and oxygen atoms in total. The third kappa shape index (κ3) is 4.06. The van der Waals surface area contributed by atoms with E-state index < -0.39 is 23.1 Å². The summed E-state index contributed by atoms with van der Waals surface area (Å²) in [7, 11) is 0.889. The number of nitrogens with one attached hydrogen (secondary N) is 1. The number of likely N-dealkylation sites (tertiary alicyclic amines) is 1. The lowest BCUT2D eigenvalue weighted by Crippen LogP contribution is -2.60. The van der Waals surface area contributed by atoms with Gasteiger partial charge in [-0.3, -0.25) is 9.59 Å². The molecule has 182 valence electrons. The summed E-state index contributed by atoms with van der Waals surface area (Å²) in [5, 5.41) is 2.84. The van der Waals surface area contributed by atoms with Crippen LogP contribution in [0.1, 0.15) is 36.3 Å². The lowest BCUT2D eigenvalue weighted by atomic mass is 9.62. The molecule has 2 atom stereocenters. The number of nitrogens with zero attached hydrogens (tertiary/aromatic N) is 1. The summed E-state index contributed by atoms with van der Waals surface area (Å²) >= 11 is 0. The first-order valence-corrected chi connectivity index (χ1v) is 11.1. The Hall–Kier alpha value is -2.94. The normalized spacial score (nSPS) is 22.2. The van der Waals surface area contributed by atoms with Gasteiger partial charge in [-0.05, 0) is 36.0 Å². The van der Waals surface area contributed by atoms with Gasteiger partial charge < -0.3 is 15.0 Å². The first-order valence-electron chi connectivity index (χ1n) is 11.1. The second kappa shape index (κ2) is 9.02. The highest BCUT2D eigenvalue weighted by Gasteiger charge is 2.64. The van der Waals surface area contributed by atoms with E-state index >= 15 is 0 Å². The number of ether oxygens (including phenoxy) is 1. The molecule has 2 aliphatic heterocycles. The lowest BCUT2D eigenvalue weighted by molar-refractivity contribution is -0.271. The monoisotopic (exact) mass is 478 g/mol. The zero-order valence-electron chi connectivity index (χ0n) is 18.7. The number of halogens is 4. The maximum atomic E-state index is 14.3. The summed E-state index contributed by atoms with van der Waals surface area (Å²) in [5.41, 5.74) is -3.07. The number of hydrogen-bond donors (Lipinski definition) is 1. The number of benzene rings is 2. The molecule has 4 rings (SSSR count). The average Bonchev–Trinajstić information content (AvgIpc) is 2.81. The minimum absolute atomic E-state index is 0.0534. The standard InChI is InChI=1S/C25H26F4N2O3/c1-34-24(25(27,28)29,18-5-3-2-4-6-18)22(33)31-13-11-23(12-14-31)15-21(32)30-16-20(23)17-7-9-19(26)10-8-17/h2-10,20H,11-16H2,1H3,(H,30,32)/t20-,24+/m0/s1. The summed E-state index contributed by atoms with van der Waals surface area (Å²) in [4.78, 5) is 26.9. The van der Waals surface area contributed by atoms with Gasteiger partial charge >= 0.3 is 6.18 Å². The number of methoxy groups -OCH3 is 1. The molecule has 0 saturated carbocycles. The Balaban J connectivity index is 1.61. The Morgan fingerprint density at radius 2 is 1.68 bits per heavy atom. The highest BCUT2D eigenvalue weighted by molar-refractivity contribution is 5.88. The molecule has 2 aliphatic rings. The van der Waals surface area contributed by atoms with Crippen LogP contribution in [0.2, 0.25) is 0 Å². The molecule has 0 radical (unpaired) electrons. The van der Waals surface area contributed by atoms with E-state index in [1.165, 1.54) is 41.3 Å². The van der Waals surface area contributed by atoms with Gasteiger partial charge in [0.1, 0.15) is 5.82 Å². The maximum Gasteiger partial charge on any atom is 0.430 e. The SMILES string of the molecule is CO[C@@](C(=O)N1CCC2(CC1)CC(=O)NC[C@H]2c1ccc(F)cc1)(c1ccccc1)C(F)(F)F. The molecular formula is C25H26F4N2O3. The Bertz CT molecular complexity index is 1030. The Labute approximate surface area is 195 Å². The van der Waals surface area contributed by atoms with Crippen molar-refractivity contribution in [2.45, 2.75) is 37.0 Å². The Morgan fingerprint density at radius 1 is 1.06 bits per heavy atom. The second-order valence-corrected chi connectivity index (χ2v) is 8.99. The van der Waals surface area contributed by atoms with Crippen LogP contribution in [-0.2, 0) is 19.9 Å². The maximum absolute atomic E-state index is 14.3. The summed E-state index contributed by atoms with van der Waals surface area (Å²) in [6.07, 6.45) is -4.08. The van der Waals surface area contributed by atoms with Crippen molar-refractivity contribution >= 4 is 11.8 Å². The van der Waals surface area contributed by atoms with Gasteiger partial charge in [0, 0.05) is 44.6 Å². The highest BCUT2D eigenvalue weighted by atomic mass is 19.4. The van der Waals surface area contributed by atoms with Gasteiger partial charge in [-0.15, -0.1) is 0 Å². The van der Waals surface area contributed by atoms with Crippen LogP contribution < -0.4 is 5.32 Å². The number of hydrogen-bond acceptors (Lipinski definition) is 3. The molecule has 0 aliphatic carbocycles. The predicted molar refractivity (Wildman–Crippen MR) is 116 cm³/mol. The van der Waals surface area contributed by atoms with Gasteiger partial charge in [0.2, 0.25) is 5.91 Å². The fraction of sp³-hybridized carbons (Fsp3) is 0.440. The van der Waals surface area contributed by atoms with Crippen LogP contribution in [0.5, 0.6) is 0 Å². The number of piperidine rings is 2. The van der Waals surface area contributed by atoms with Crippen LogP contribution in [0, 0.1) is 11.2 Å². The van der Waals surface area contributed by atoms with E-state index in [4.69, 9.17) is 4.74 Å². The third-order valence-electron chi connectivity index (χ3n) is 7.26. The molecule has 2 saturated heterocycles. The molecule has 1 N–H and O–H groups in total. The van der Waals surface area contributed by atoms with Crippen molar-refractivity contribution in [1.29, 1.82) is 0 Å². The quantitative estimate of drug-likeness (QED) is 0.672. The zero-order valence-corrected chi connectivity index (χ0v) is 18.7. The third-order valence-corrected chi connectivity index (χ3v) is 7.26. The summed E-state index contributed by atoms with van der Waals surface area (Å²) in [6, 6.07) is 13.0. The summed E-state index contributed by atoms with van der Waals surface area (Å²) in [6.45, 7) is 0.461. The number of amides is 2. The van der Waals surface area contributed by atoms with Crippen molar-refractivity contribution in [3.8, 4) is 0 Å². The largest absolute Gasteiger partial charge is 0.430 e. The molecule has 2 amide bonds. The van der Waals surface area contributed by atoms with E-state index in [1.54, 1.807) is 18.2 Å². The van der Waals surface area contributed by atoms with Gasteiger partial charge in [-0.2, -0.15) is 13.2 Å². The summed E-state index contributed by atoms with van der Waals surface area (Å²) in [5.74, 6) is -1.81. The average molecular weight is 478 g/mol. The molecule has 0 bridgehead atoms. The van der Waals surface area contributed by atoms with Crippen LogP contribution in [-0.4, -0.2) is 49.6 Å². The van der Waals surface area contributed by atoms with E-state index in [-0.39, 0.29) is 42.7 Å². The molecule has 2 aromatic rings. The smallest absolute Gasteiger partial charge is 0.356 e. The van der Waals surface area contributed by atoms with Crippen LogP contribution >= 0.6 is 0 Å². The molecule has 0 unspecified atom stereocenters. The predicted octanol–water partition coefficient (Wildman–Crippen LogP) is 4.14.